The maximum Gasteiger partial charge on any atom is 0.227 e. The molecule has 0 spiro atoms. The summed E-state index contributed by atoms with van der Waals surface area (Å²) in [4.78, 5) is 16.7. The minimum absolute atomic E-state index is 0. The Morgan fingerprint density at radius 2 is 2.05 bits per heavy atom. The van der Waals surface area contributed by atoms with Crippen LogP contribution in [0, 0.1) is 5.82 Å². The molecule has 0 aromatic heterocycles. The van der Waals surface area contributed by atoms with Gasteiger partial charge in [-0.3, -0.25) is 9.69 Å². The van der Waals surface area contributed by atoms with Crippen LogP contribution in [0.5, 0.6) is 0 Å². The number of halogens is 2. The van der Waals surface area contributed by atoms with Crippen LogP contribution in [0.1, 0.15) is 12.0 Å². The number of amides is 1. The van der Waals surface area contributed by atoms with Gasteiger partial charge in [0.05, 0.1) is 6.42 Å². The number of nitrogens with zero attached hydrogens (tertiary/aromatic N) is 2. The molecule has 3 rings (SSSR count). The highest BCUT2D eigenvalue weighted by atomic mass is 35.5. The fourth-order valence-corrected chi connectivity index (χ4v) is 3.22. The van der Waals surface area contributed by atoms with E-state index in [1.165, 1.54) is 18.6 Å². The molecule has 1 unspecified atom stereocenters. The van der Waals surface area contributed by atoms with E-state index in [1.807, 2.05) is 4.90 Å². The van der Waals surface area contributed by atoms with Gasteiger partial charge in [0.1, 0.15) is 5.82 Å². The summed E-state index contributed by atoms with van der Waals surface area (Å²) >= 11 is 0. The molecule has 0 aliphatic carbocycles. The van der Waals surface area contributed by atoms with Crippen LogP contribution in [0.15, 0.2) is 24.3 Å². The van der Waals surface area contributed by atoms with E-state index in [9.17, 15) is 9.18 Å². The molecule has 4 nitrogen and oxygen atoms in total. The van der Waals surface area contributed by atoms with Crippen molar-refractivity contribution in [3.8, 4) is 0 Å². The first kappa shape index (κ1) is 17.2. The van der Waals surface area contributed by atoms with Gasteiger partial charge in [-0.2, -0.15) is 0 Å². The van der Waals surface area contributed by atoms with Crippen molar-refractivity contribution in [3.63, 3.8) is 0 Å². The van der Waals surface area contributed by atoms with Gasteiger partial charge in [-0.1, -0.05) is 12.1 Å². The van der Waals surface area contributed by atoms with Crippen LogP contribution in [0.2, 0.25) is 0 Å². The summed E-state index contributed by atoms with van der Waals surface area (Å²) in [5.74, 6) is -0.177. The number of hydrogen-bond donors (Lipinski definition) is 1. The SMILES string of the molecule is Cl.O=C(Cc1cccc(F)c1)N1CCN(C2CCNC2)CC1. The van der Waals surface area contributed by atoms with Crippen molar-refractivity contribution in [2.75, 3.05) is 39.3 Å². The first-order chi connectivity index (χ1) is 10.2. The predicted molar refractivity (Wildman–Crippen MR) is 86.8 cm³/mol. The van der Waals surface area contributed by atoms with E-state index in [0.717, 1.165) is 44.8 Å². The Balaban J connectivity index is 0.00000176. The number of carbonyl (C=O) groups is 1. The minimum Gasteiger partial charge on any atom is -0.340 e. The zero-order chi connectivity index (χ0) is 14.7. The van der Waals surface area contributed by atoms with Crippen molar-refractivity contribution in [2.24, 2.45) is 0 Å². The maximum atomic E-state index is 13.1. The molecule has 0 radical (unpaired) electrons. The highest BCUT2D eigenvalue weighted by Gasteiger charge is 2.27. The zero-order valence-electron chi connectivity index (χ0n) is 12.6. The molecule has 122 valence electrons. The Morgan fingerprint density at radius 1 is 1.27 bits per heavy atom. The van der Waals surface area contributed by atoms with E-state index < -0.39 is 0 Å². The van der Waals surface area contributed by atoms with E-state index in [4.69, 9.17) is 0 Å². The van der Waals surface area contributed by atoms with Gasteiger partial charge in [0.15, 0.2) is 0 Å². The predicted octanol–water partition coefficient (Wildman–Crippen LogP) is 1.30. The van der Waals surface area contributed by atoms with Gasteiger partial charge in [-0.25, -0.2) is 4.39 Å². The quantitative estimate of drug-likeness (QED) is 0.909. The van der Waals surface area contributed by atoms with Crippen LogP contribution in [-0.2, 0) is 11.2 Å². The second-order valence-electron chi connectivity index (χ2n) is 5.87. The number of piperazine rings is 1. The van der Waals surface area contributed by atoms with Crippen LogP contribution in [-0.4, -0.2) is 61.0 Å². The second-order valence-corrected chi connectivity index (χ2v) is 5.87. The molecule has 6 heteroatoms. The number of rotatable bonds is 3. The smallest absolute Gasteiger partial charge is 0.227 e. The largest absolute Gasteiger partial charge is 0.340 e. The van der Waals surface area contributed by atoms with Crippen LogP contribution in [0.3, 0.4) is 0 Å². The van der Waals surface area contributed by atoms with Crippen molar-refractivity contribution in [1.82, 2.24) is 15.1 Å². The van der Waals surface area contributed by atoms with Crippen LogP contribution < -0.4 is 5.32 Å². The Morgan fingerprint density at radius 3 is 2.68 bits per heavy atom. The lowest BCUT2D eigenvalue weighted by atomic mass is 10.1. The van der Waals surface area contributed by atoms with Gasteiger partial charge in [0.25, 0.3) is 0 Å². The molecule has 2 aliphatic heterocycles. The van der Waals surface area contributed by atoms with Gasteiger partial charge in [-0.15, -0.1) is 12.4 Å². The van der Waals surface area contributed by atoms with Crippen molar-refractivity contribution in [3.05, 3.63) is 35.6 Å². The average Bonchev–Trinajstić information content (AvgIpc) is 3.01. The number of carbonyl (C=O) groups excluding carboxylic acids is 1. The zero-order valence-corrected chi connectivity index (χ0v) is 13.4. The summed E-state index contributed by atoms with van der Waals surface area (Å²) in [6.07, 6.45) is 1.50. The van der Waals surface area contributed by atoms with E-state index in [1.54, 1.807) is 12.1 Å². The Kier molecular flexibility index (Phi) is 6.17. The third kappa shape index (κ3) is 4.18. The lowest BCUT2D eigenvalue weighted by molar-refractivity contribution is -0.132. The Hall–Kier alpha value is -1.17. The first-order valence-corrected chi connectivity index (χ1v) is 7.69. The highest BCUT2D eigenvalue weighted by Crippen LogP contribution is 2.13. The van der Waals surface area contributed by atoms with Crippen molar-refractivity contribution in [2.45, 2.75) is 18.9 Å². The van der Waals surface area contributed by atoms with E-state index in [0.29, 0.717) is 12.5 Å². The number of benzene rings is 1. The molecule has 2 fully saturated rings. The minimum atomic E-state index is -0.279. The monoisotopic (exact) mass is 327 g/mol. The van der Waals surface area contributed by atoms with Crippen molar-refractivity contribution in [1.29, 1.82) is 0 Å². The molecule has 1 aromatic carbocycles. The van der Waals surface area contributed by atoms with Gasteiger partial charge in [-0.05, 0) is 30.7 Å². The maximum absolute atomic E-state index is 13.1. The summed E-state index contributed by atoms with van der Waals surface area (Å²) in [7, 11) is 0. The van der Waals surface area contributed by atoms with Gasteiger partial charge in [0, 0.05) is 38.8 Å². The molecule has 1 amide bonds. The summed E-state index contributed by atoms with van der Waals surface area (Å²) in [5.41, 5.74) is 0.752. The molecule has 2 saturated heterocycles. The van der Waals surface area contributed by atoms with E-state index in [2.05, 4.69) is 10.2 Å². The summed E-state index contributed by atoms with van der Waals surface area (Å²) in [5, 5.41) is 3.38. The molecule has 22 heavy (non-hydrogen) atoms. The fraction of sp³-hybridized carbons (Fsp3) is 0.562. The van der Waals surface area contributed by atoms with Gasteiger partial charge in [0.2, 0.25) is 5.91 Å². The molecular weight excluding hydrogens is 305 g/mol. The third-order valence-corrected chi connectivity index (χ3v) is 4.46. The molecular formula is C16H23ClFN3O. The summed E-state index contributed by atoms with van der Waals surface area (Å²) in [6.45, 7) is 5.62. The standard InChI is InChI=1S/C16H22FN3O.ClH/c17-14-3-1-2-13(10-14)11-16(21)20-8-6-19(7-9-20)15-4-5-18-12-15;/h1-3,10,15,18H,4-9,11-12H2;1H. The highest BCUT2D eigenvalue weighted by molar-refractivity contribution is 5.85. The number of hydrogen-bond acceptors (Lipinski definition) is 3. The van der Waals surface area contributed by atoms with Gasteiger partial charge < -0.3 is 10.2 Å². The molecule has 2 heterocycles. The molecule has 1 aromatic rings. The summed E-state index contributed by atoms with van der Waals surface area (Å²) < 4.78 is 13.1. The van der Waals surface area contributed by atoms with Crippen LogP contribution in [0.25, 0.3) is 0 Å². The van der Waals surface area contributed by atoms with E-state index >= 15 is 0 Å². The van der Waals surface area contributed by atoms with E-state index in [-0.39, 0.29) is 24.1 Å². The number of nitrogens with one attached hydrogen (secondary N) is 1. The Bertz CT molecular complexity index is 500. The molecule has 2 aliphatic rings. The van der Waals surface area contributed by atoms with Crippen molar-refractivity contribution < 1.29 is 9.18 Å². The molecule has 1 atom stereocenters. The second kappa shape index (κ2) is 7.90. The van der Waals surface area contributed by atoms with Gasteiger partial charge >= 0.3 is 0 Å². The molecule has 0 bridgehead atoms. The first-order valence-electron chi connectivity index (χ1n) is 7.69. The average molecular weight is 328 g/mol. The van der Waals surface area contributed by atoms with Crippen molar-refractivity contribution >= 4 is 18.3 Å². The lowest BCUT2D eigenvalue weighted by Gasteiger charge is -2.37. The third-order valence-electron chi connectivity index (χ3n) is 4.46. The normalized spacial score (nSPS) is 22.4. The molecule has 0 saturated carbocycles. The van der Waals surface area contributed by atoms with Crippen LogP contribution in [0.4, 0.5) is 4.39 Å². The lowest BCUT2D eigenvalue weighted by Crippen LogP contribution is -2.52. The topological polar surface area (TPSA) is 35.6 Å². The molecule has 1 N–H and O–H groups in total. The van der Waals surface area contributed by atoms with Crippen LogP contribution >= 0.6 is 12.4 Å². The Labute approximate surface area is 137 Å². The fourth-order valence-electron chi connectivity index (χ4n) is 3.22. The summed E-state index contributed by atoms with van der Waals surface area (Å²) in [6, 6.07) is 6.94.